The lowest BCUT2D eigenvalue weighted by Gasteiger charge is -2.32. The van der Waals surface area contributed by atoms with Crippen LogP contribution in [0.1, 0.15) is 26.2 Å². The fraction of sp³-hybridized carbons (Fsp3) is 0.571. The van der Waals surface area contributed by atoms with E-state index in [9.17, 15) is 14.5 Å². The zero-order valence-electron chi connectivity index (χ0n) is 11.9. The Morgan fingerprint density at radius 1 is 1.43 bits per heavy atom. The molecule has 2 rings (SSSR count). The number of nitro benzene ring substituents is 1. The third-order valence-electron chi connectivity index (χ3n) is 3.84. The minimum Gasteiger partial charge on any atom is -0.378 e. The Kier molecular flexibility index (Phi) is 5.52. The Hall–Kier alpha value is -1.21. The fourth-order valence-electron chi connectivity index (χ4n) is 2.57. The summed E-state index contributed by atoms with van der Waals surface area (Å²) in [6, 6.07) is 2.63. The lowest BCUT2D eigenvalue weighted by Crippen LogP contribution is -2.41. The van der Waals surface area contributed by atoms with E-state index >= 15 is 0 Å². The predicted octanol–water partition coefficient (Wildman–Crippen LogP) is 3.78. The standard InChI is InChI=1S/C14H19BrFN3O2/c1-10(18-5-3-2-4-6-18)9-17-13-8-12(16)11(15)7-14(13)19(20)21/h7-8,10,17H,2-6,9H2,1H3. The smallest absolute Gasteiger partial charge is 0.293 e. The number of benzene rings is 1. The summed E-state index contributed by atoms with van der Waals surface area (Å²) in [5.41, 5.74) is 0.110. The van der Waals surface area contributed by atoms with Crippen LogP contribution in [-0.2, 0) is 0 Å². The number of hydrogen-bond acceptors (Lipinski definition) is 4. The number of likely N-dealkylation sites (tertiary alicyclic amines) is 1. The van der Waals surface area contributed by atoms with Gasteiger partial charge >= 0.3 is 0 Å². The van der Waals surface area contributed by atoms with E-state index in [4.69, 9.17) is 0 Å². The molecule has 116 valence electrons. The molecule has 1 aliphatic heterocycles. The number of piperidine rings is 1. The van der Waals surface area contributed by atoms with Gasteiger partial charge in [0.25, 0.3) is 5.69 Å². The van der Waals surface area contributed by atoms with Crippen LogP contribution in [-0.4, -0.2) is 35.5 Å². The van der Waals surface area contributed by atoms with Crippen LogP contribution in [0, 0.1) is 15.9 Å². The van der Waals surface area contributed by atoms with Gasteiger partial charge in [0, 0.05) is 24.7 Å². The molecular weight excluding hydrogens is 341 g/mol. The second-order valence-corrected chi connectivity index (χ2v) is 6.22. The van der Waals surface area contributed by atoms with Crippen molar-refractivity contribution < 1.29 is 9.31 Å². The van der Waals surface area contributed by atoms with Crippen molar-refractivity contribution in [1.29, 1.82) is 0 Å². The van der Waals surface area contributed by atoms with Gasteiger partial charge in [-0.15, -0.1) is 0 Å². The van der Waals surface area contributed by atoms with Crippen LogP contribution in [0.25, 0.3) is 0 Å². The van der Waals surface area contributed by atoms with Crippen LogP contribution in [0.3, 0.4) is 0 Å². The Balaban J connectivity index is 2.05. The highest BCUT2D eigenvalue weighted by Crippen LogP contribution is 2.30. The molecule has 5 nitrogen and oxygen atoms in total. The van der Waals surface area contributed by atoms with Gasteiger partial charge in [-0.05, 0) is 48.8 Å². The van der Waals surface area contributed by atoms with Crippen molar-refractivity contribution in [3.8, 4) is 0 Å². The molecule has 0 saturated carbocycles. The van der Waals surface area contributed by atoms with Crippen molar-refractivity contribution in [1.82, 2.24) is 4.90 Å². The molecule has 0 bridgehead atoms. The maximum absolute atomic E-state index is 13.6. The summed E-state index contributed by atoms with van der Waals surface area (Å²) in [5, 5.41) is 14.1. The Bertz CT molecular complexity index is 521. The fourth-order valence-corrected chi connectivity index (χ4v) is 2.91. The van der Waals surface area contributed by atoms with E-state index < -0.39 is 10.7 Å². The Morgan fingerprint density at radius 3 is 2.71 bits per heavy atom. The second-order valence-electron chi connectivity index (χ2n) is 5.37. The maximum atomic E-state index is 13.6. The Labute approximate surface area is 131 Å². The molecule has 0 spiro atoms. The molecular formula is C14H19BrFN3O2. The van der Waals surface area contributed by atoms with E-state index in [1.807, 2.05) is 0 Å². The first kappa shape index (κ1) is 16.2. The summed E-state index contributed by atoms with van der Waals surface area (Å²) in [7, 11) is 0. The first-order valence-corrected chi connectivity index (χ1v) is 7.89. The quantitative estimate of drug-likeness (QED) is 0.641. The monoisotopic (exact) mass is 359 g/mol. The van der Waals surface area contributed by atoms with Crippen LogP contribution >= 0.6 is 15.9 Å². The van der Waals surface area contributed by atoms with Gasteiger partial charge in [-0.1, -0.05) is 6.42 Å². The third-order valence-corrected chi connectivity index (χ3v) is 4.44. The summed E-state index contributed by atoms with van der Waals surface area (Å²) < 4.78 is 13.7. The number of anilines is 1. The summed E-state index contributed by atoms with van der Waals surface area (Å²) in [4.78, 5) is 12.9. The second kappa shape index (κ2) is 7.17. The maximum Gasteiger partial charge on any atom is 0.293 e. The normalized spacial score (nSPS) is 17.5. The molecule has 0 aromatic heterocycles. The molecule has 21 heavy (non-hydrogen) atoms. The van der Waals surface area contributed by atoms with Crippen LogP contribution in [0.5, 0.6) is 0 Å². The summed E-state index contributed by atoms with van der Waals surface area (Å²) in [6.07, 6.45) is 3.65. The molecule has 1 aromatic rings. The number of rotatable bonds is 5. The molecule has 1 atom stereocenters. The van der Waals surface area contributed by atoms with E-state index in [2.05, 4.69) is 33.1 Å². The number of nitrogens with one attached hydrogen (secondary N) is 1. The first-order valence-electron chi connectivity index (χ1n) is 7.10. The number of halogens is 2. The van der Waals surface area contributed by atoms with Gasteiger partial charge in [0.15, 0.2) is 0 Å². The van der Waals surface area contributed by atoms with Crippen molar-refractivity contribution >= 4 is 27.3 Å². The lowest BCUT2D eigenvalue weighted by molar-refractivity contribution is -0.384. The molecule has 1 aliphatic rings. The van der Waals surface area contributed by atoms with Crippen LogP contribution < -0.4 is 5.32 Å². The van der Waals surface area contributed by atoms with Crippen molar-refractivity contribution in [2.75, 3.05) is 25.0 Å². The SMILES string of the molecule is CC(CNc1cc(F)c(Br)cc1[N+](=O)[O-])N1CCCCC1. The molecule has 1 fully saturated rings. The molecule has 1 heterocycles. The molecule has 0 amide bonds. The summed E-state index contributed by atoms with van der Waals surface area (Å²) >= 11 is 2.98. The highest BCUT2D eigenvalue weighted by atomic mass is 79.9. The molecule has 1 unspecified atom stereocenters. The van der Waals surface area contributed by atoms with Gasteiger partial charge in [-0.2, -0.15) is 0 Å². The summed E-state index contributed by atoms with van der Waals surface area (Å²) in [6.45, 7) is 4.75. The van der Waals surface area contributed by atoms with Crippen LogP contribution in [0.2, 0.25) is 0 Å². The molecule has 1 saturated heterocycles. The zero-order valence-corrected chi connectivity index (χ0v) is 13.5. The average Bonchev–Trinajstić information content (AvgIpc) is 2.48. The first-order chi connectivity index (χ1) is 9.99. The number of nitro groups is 1. The Morgan fingerprint density at radius 2 is 2.10 bits per heavy atom. The summed E-state index contributed by atoms with van der Waals surface area (Å²) in [5.74, 6) is -0.506. The highest BCUT2D eigenvalue weighted by molar-refractivity contribution is 9.10. The largest absolute Gasteiger partial charge is 0.378 e. The molecule has 0 aliphatic carbocycles. The van der Waals surface area contributed by atoms with Gasteiger partial charge in [-0.25, -0.2) is 4.39 Å². The van der Waals surface area contributed by atoms with E-state index in [0.29, 0.717) is 6.54 Å². The van der Waals surface area contributed by atoms with Crippen molar-refractivity contribution in [3.63, 3.8) is 0 Å². The zero-order chi connectivity index (χ0) is 15.4. The third kappa shape index (κ3) is 4.14. The van der Waals surface area contributed by atoms with Gasteiger partial charge in [0.2, 0.25) is 0 Å². The van der Waals surface area contributed by atoms with Crippen molar-refractivity contribution in [2.24, 2.45) is 0 Å². The topological polar surface area (TPSA) is 58.4 Å². The van der Waals surface area contributed by atoms with Crippen LogP contribution in [0.4, 0.5) is 15.8 Å². The molecule has 1 N–H and O–H groups in total. The number of hydrogen-bond donors (Lipinski definition) is 1. The van der Waals surface area contributed by atoms with E-state index in [-0.39, 0.29) is 21.9 Å². The van der Waals surface area contributed by atoms with Gasteiger partial charge in [-0.3, -0.25) is 15.0 Å². The molecule has 7 heteroatoms. The van der Waals surface area contributed by atoms with Gasteiger partial charge in [0.1, 0.15) is 11.5 Å². The van der Waals surface area contributed by atoms with E-state index in [1.165, 1.54) is 31.4 Å². The minimum atomic E-state index is -0.506. The van der Waals surface area contributed by atoms with Crippen molar-refractivity contribution in [3.05, 3.63) is 32.5 Å². The van der Waals surface area contributed by atoms with Crippen molar-refractivity contribution in [2.45, 2.75) is 32.2 Å². The highest BCUT2D eigenvalue weighted by Gasteiger charge is 2.20. The molecule has 0 radical (unpaired) electrons. The predicted molar refractivity (Wildman–Crippen MR) is 84.1 cm³/mol. The van der Waals surface area contributed by atoms with Gasteiger partial charge < -0.3 is 5.32 Å². The van der Waals surface area contributed by atoms with Crippen LogP contribution in [0.15, 0.2) is 16.6 Å². The van der Waals surface area contributed by atoms with Gasteiger partial charge in [0.05, 0.1) is 9.40 Å². The minimum absolute atomic E-state index is 0.101. The average molecular weight is 360 g/mol. The van der Waals surface area contributed by atoms with E-state index in [0.717, 1.165) is 13.1 Å². The lowest BCUT2D eigenvalue weighted by atomic mass is 10.1. The number of nitrogens with zero attached hydrogens (tertiary/aromatic N) is 2. The van der Waals surface area contributed by atoms with E-state index in [1.54, 1.807) is 0 Å². The molecule has 1 aromatic carbocycles.